The van der Waals surface area contributed by atoms with E-state index in [1.165, 1.54) is 17.9 Å². The van der Waals surface area contributed by atoms with E-state index in [1.807, 2.05) is 0 Å². The number of hydrogen-bond donors (Lipinski definition) is 1. The smallest absolute Gasteiger partial charge is 0.267 e. The minimum Gasteiger partial charge on any atom is -0.497 e. The molecule has 0 aliphatic heterocycles. The van der Waals surface area contributed by atoms with Crippen molar-refractivity contribution in [1.29, 1.82) is 0 Å². The number of ether oxygens (including phenoxy) is 2. The van der Waals surface area contributed by atoms with Crippen LogP contribution in [-0.2, 0) is 4.79 Å². The van der Waals surface area contributed by atoms with Crippen molar-refractivity contribution in [2.24, 2.45) is 0 Å². The highest BCUT2D eigenvalue weighted by molar-refractivity contribution is 5.94. The van der Waals surface area contributed by atoms with Gasteiger partial charge in [0.05, 0.1) is 25.6 Å². The van der Waals surface area contributed by atoms with Gasteiger partial charge in [-0.3, -0.25) is 9.59 Å². The monoisotopic (exact) mass is 343 g/mol. The fourth-order valence-electron chi connectivity index (χ4n) is 2.56. The first kappa shape index (κ1) is 17.0. The Balaban J connectivity index is 1.81. The molecule has 0 saturated heterocycles. The molecule has 1 atom stereocenters. The van der Waals surface area contributed by atoms with Gasteiger partial charge in [-0.05, 0) is 38.0 Å². The topological polar surface area (TPSA) is 82.5 Å². The lowest BCUT2D eigenvalue weighted by Crippen LogP contribution is -2.33. The van der Waals surface area contributed by atoms with Crippen LogP contribution in [0.4, 0.5) is 5.69 Å². The van der Waals surface area contributed by atoms with Gasteiger partial charge >= 0.3 is 0 Å². The summed E-state index contributed by atoms with van der Waals surface area (Å²) in [6.45, 7) is 1.65. The van der Waals surface area contributed by atoms with Crippen molar-refractivity contribution in [1.82, 2.24) is 9.78 Å². The van der Waals surface area contributed by atoms with Gasteiger partial charge in [0, 0.05) is 18.1 Å². The molecule has 1 aliphatic carbocycles. The quantitative estimate of drug-likeness (QED) is 0.870. The van der Waals surface area contributed by atoms with E-state index in [0.717, 1.165) is 18.5 Å². The number of nitrogens with zero attached hydrogens (tertiary/aromatic N) is 2. The van der Waals surface area contributed by atoms with Crippen LogP contribution < -0.4 is 20.3 Å². The van der Waals surface area contributed by atoms with E-state index in [4.69, 9.17) is 9.47 Å². The minimum absolute atomic E-state index is 0.297. The third kappa shape index (κ3) is 3.65. The fourth-order valence-corrected chi connectivity index (χ4v) is 2.56. The molecule has 25 heavy (non-hydrogen) atoms. The van der Waals surface area contributed by atoms with E-state index in [2.05, 4.69) is 10.4 Å². The van der Waals surface area contributed by atoms with Crippen LogP contribution in [0.15, 0.2) is 35.1 Å². The number of benzene rings is 1. The number of rotatable bonds is 6. The highest BCUT2D eigenvalue weighted by Gasteiger charge is 2.27. The second-order valence-corrected chi connectivity index (χ2v) is 6.05. The molecule has 1 heterocycles. The Morgan fingerprint density at radius 2 is 2.00 bits per heavy atom. The van der Waals surface area contributed by atoms with Crippen molar-refractivity contribution in [2.75, 3.05) is 19.5 Å². The van der Waals surface area contributed by atoms with Gasteiger partial charge in [-0.25, -0.2) is 4.68 Å². The first-order valence-corrected chi connectivity index (χ1v) is 8.16. The lowest BCUT2D eigenvalue weighted by molar-refractivity contribution is -0.119. The normalized spacial score (nSPS) is 14.7. The molecule has 1 amide bonds. The number of anilines is 1. The van der Waals surface area contributed by atoms with Gasteiger partial charge in [-0.15, -0.1) is 0 Å². The second kappa shape index (κ2) is 6.96. The van der Waals surface area contributed by atoms with Gasteiger partial charge in [-0.2, -0.15) is 5.10 Å². The molecule has 7 heteroatoms. The minimum atomic E-state index is -0.738. The molecule has 1 N–H and O–H groups in total. The van der Waals surface area contributed by atoms with Gasteiger partial charge in [0.15, 0.2) is 0 Å². The van der Waals surface area contributed by atoms with Crippen molar-refractivity contribution in [3.63, 3.8) is 0 Å². The molecular formula is C18H21N3O4. The molecule has 0 radical (unpaired) electrons. The SMILES string of the molecule is COc1ccc(NC(=O)C(C)n2nc(C3CC3)ccc2=O)c(OC)c1. The third-order valence-corrected chi connectivity index (χ3v) is 4.25. The Bertz CT molecular complexity index is 842. The summed E-state index contributed by atoms with van der Waals surface area (Å²) in [5.41, 5.74) is 1.07. The zero-order chi connectivity index (χ0) is 18.0. The summed E-state index contributed by atoms with van der Waals surface area (Å²) in [6.07, 6.45) is 2.16. The zero-order valence-corrected chi connectivity index (χ0v) is 14.5. The van der Waals surface area contributed by atoms with Gasteiger partial charge in [0.1, 0.15) is 17.5 Å². The highest BCUT2D eigenvalue weighted by atomic mass is 16.5. The van der Waals surface area contributed by atoms with Crippen molar-refractivity contribution in [2.45, 2.75) is 31.7 Å². The maximum atomic E-state index is 12.6. The standard InChI is InChI=1S/C18H21N3O4/c1-11(21-17(22)9-8-14(20-21)12-4-5-12)18(23)19-15-7-6-13(24-2)10-16(15)25-3/h6-12H,4-5H2,1-3H3,(H,19,23). The fraction of sp³-hybridized carbons (Fsp3) is 0.389. The number of nitrogens with one attached hydrogen (secondary N) is 1. The number of carbonyl (C=O) groups is 1. The van der Waals surface area contributed by atoms with Crippen LogP contribution in [0.1, 0.15) is 37.4 Å². The second-order valence-electron chi connectivity index (χ2n) is 6.05. The number of carbonyl (C=O) groups excluding carboxylic acids is 1. The van der Waals surface area contributed by atoms with Crippen LogP contribution in [0.2, 0.25) is 0 Å². The van der Waals surface area contributed by atoms with Gasteiger partial charge < -0.3 is 14.8 Å². The Kier molecular flexibility index (Phi) is 4.74. The van der Waals surface area contributed by atoms with E-state index in [-0.39, 0.29) is 11.5 Å². The number of methoxy groups -OCH3 is 2. The molecule has 7 nitrogen and oxygen atoms in total. The molecular weight excluding hydrogens is 322 g/mol. The molecule has 3 rings (SSSR count). The van der Waals surface area contributed by atoms with Gasteiger partial charge in [0.25, 0.3) is 5.56 Å². The van der Waals surface area contributed by atoms with Crippen molar-refractivity contribution < 1.29 is 14.3 Å². The average Bonchev–Trinajstić information content (AvgIpc) is 3.47. The highest BCUT2D eigenvalue weighted by Crippen LogP contribution is 2.38. The summed E-state index contributed by atoms with van der Waals surface area (Å²) in [5.74, 6) is 1.17. The Morgan fingerprint density at radius 1 is 1.24 bits per heavy atom. The van der Waals surface area contributed by atoms with Gasteiger partial charge in [0.2, 0.25) is 5.91 Å². The largest absolute Gasteiger partial charge is 0.497 e. The van der Waals surface area contributed by atoms with Crippen LogP contribution >= 0.6 is 0 Å². The van der Waals surface area contributed by atoms with E-state index < -0.39 is 6.04 Å². The predicted molar refractivity (Wildman–Crippen MR) is 93.4 cm³/mol. The Morgan fingerprint density at radius 3 is 2.64 bits per heavy atom. The number of amides is 1. The average molecular weight is 343 g/mol. The Labute approximate surface area is 145 Å². The van der Waals surface area contributed by atoms with Crippen molar-refractivity contribution >= 4 is 11.6 Å². The molecule has 0 bridgehead atoms. The lowest BCUT2D eigenvalue weighted by atomic mass is 10.2. The van der Waals surface area contributed by atoms with E-state index >= 15 is 0 Å². The lowest BCUT2D eigenvalue weighted by Gasteiger charge is -2.16. The van der Waals surface area contributed by atoms with Crippen molar-refractivity contribution in [3.05, 3.63) is 46.4 Å². The van der Waals surface area contributed by atoms with Crippen LogP contribution in [0.5, 0.6) is 11.5 Å². The Hall–Kier alpha value is -2.83. The summed E-state index contributed by atoms with van der Waals surface area (Å²) in [5, 5.41) is 7.14. The molecule has 1 unspecified atom stereocenters. The molecule has 0 spiro atoms. The molecule has 2 aromatic rings. The maximum Gasteiger partial charge on any atom is 0.267 e. The molecule has 1 saturated carbocycles. The van der Waals surface area contributed by atoms with Gasteiger partial charge in [-0.1, -0.05) is 0 Å². The van der Waals surface area contributed by atoms with E-state index in [0.29, 0.717) is 23.1 Å². The van der Waals surface area contributed by atoms with E-state index in [1.54, 1.807) is 38.3 Å². The predicted octanol–water partition coefficient (Wildman–Crippen LogP) is 2.34. The summed E-state index contributed by atoms with van der Waals surface area (Å²) in [7, 11) is 3.07. The van der Waals surface area contributed by atoms with E-state index in [9.17, 15) is 9.59 Å². The summed E-state index contributed by atoms with van der Waals surface area (Å²) < 4.78 is 11.7. The molecule has 1 fully saturated rings. The third-order valence-electron chi connectivity index (χ3n) is 4.25. The van der Waals surface area contributed by atoms with Crippen LogP contribution in [0.25, 0.3) is 0 Å². The molecule has 132 valence electrons. The van der Waals surface area contributed by atoms with Crippen LogP contribution in [-0.4, -0.2) is 29.9 Å². The number of aromatic nitrogens is 2. The van der Waals surface area contributed by atoms with Crippen LogP contribution in [0, 0.1) is 0 Å². The molecule has 1 aromatic heterocycles. The molecule has 1 aromatic carbocycles. The summed E-state index contributed by atoms with van der Waals surface area (Å²) in [6, 6.07) is 7.57. The maximum absolute atomic E-state index is 12.6. The summed E-state index contributed by atoms with van der Waals surface area (Å²) in [4.78, 5) is 24.7. The first-order valence-electron chi connectivity index (χ1n) is 8.16. The molecule has 1 aliphatic rings. The summed E-state index contributed by atoms with van der Waals surface area (Å²) >= 11 is 0. The first-order chi connectivity index (χ1) is 12.0. The zero-order valence-electron chi connectivity index (χ0n) is 14.5. The number of hydrogen-bond acceptors (Lipinski definition) is 5. The van der Waals surface area contributed by atoms with Crippen molar-refractivity contribution in [3.8, 4) is 11.5 Å². The van der Waals surface area contributed by atoms with Crippen LogP contribution in [0.3, 0.4) is 0 Å².